The van der Waals surface area contributed by atoms with E-state index >= 15 is 0 Å². The van der Waals surface area contributed by atoms with Crippen molar-refractivity contribution in [3.63, 3.8) is 0 Å². The van der Waals surface area contributed by atoms with Crippen molar-refractivity contribution < 1.29 is 0 Å². The molecule has 6 rings (SSSR count). The topological polar surface area (TPSA) is 85.6 Å². The molecular weight excluding hydrogens is 472 g/mol. The van der Waals surface area contributed by atoms with E-state index in [0.717, 1.165) is 44.7 Å². The predicted molar refractivity (Wildman–Crippen MR) is 152 cm³/mol. The largest absolute Gasteiger partial charge is 0.360 e. The second kappa shape index (κ2) is 9.52. The summed E-state index contributed by atoms with van der Waals surface area (Å²) in [4.78, 5) is 32.1. The fourth-order valence-electron chi connectivity index (χ4n) is 4.85. The molecule has 2 aromatic carbocycles. The van der Waals surface area contributed by atoms with Crippen LogP contribution >= 0.6 is 0 Å². The number of hydrogen-bond acceptors (Lipinski definition) is 6. The minimum atomic E-state index is -0.264. The summed E-state index contributed by atoms with van der Waals surface area (Å²) < 4.78 is 1.79. The third-order valence-electron chi connectivity index (χ3n) is 6.93. The van der Waals surface area contributed by atoms with Gasteiger partial charge in [0, 0.05) is 35.0 Å². The van der Waals surface area contributed by atoms with Crippen LogP contribution in [0, 0.1) is 13.8 Å². The van der Waals surface area contributed by atoms with Crippen LogP contribution in [0.15, 0.2) is 96.3 Å². The molecule has 4 aromatic heterocycles. The van der Waals surface area contributed by atoms with Crippen molar-refractivity contribution in [1.82, 2.24) is 24.5 Å². The molecule has 7 heteroatoms. The summed E-state index contributed by atoms with van der Waals surface area (Å²) in [6, 6.07) is 23.3. The van der Waals surface area contributed by atoms with E-state index in [-0.39, 0.29) is 11.6 Å². The summed E-state index contributed by atoms with van der Waals surface area (Å²) in [5, 5.41) is 5.01. The van der Waals surface area contributed by atoms with E-state index < -0.39 is 0 Å². The number of aryl methyl sites for hydroxylation is 2. The van der Waals surface area contributed by atoms with Gasteiger partial charge >= 0.3 is 0 Å². The Balaban J connectivity index is 1.57. The van der Waals surface area contributed by atoms with E-state index in [1.165, 1.54) is 6.33 Å². The molecule has 38 heavy (non-hydrogen) atoms. The van der Waals surface area contributed by atoms with Crippen LogP contribution in [0.1, 0.15) is 29.9 Å². The number of anilines is 1. The zero-order valence-electron chi connectivity index (χ0n) is 21.4. The van der Waals surface area contributed by atoms with Crippen LogP contribution in [0.2, 0.25) is 0 Å². The molecule has 7 nitrogen and oxygen atoms in total. The first-order chi connectivity index (χ1) is 18.5. The minimum Gasteiger partial charge on any atom is -0.360 e. The molecule has 0 saturated carbocycles. The standard InChI is InChI=1S/C31H26N6O/c1-19-15-23(17-33-20(19)2)25-12-7-9-22-16-27(37(31(38)28(22)25)24-10-5-4-6-11-24)21(3)36-30-29-26(34-18-35-30)13-8-14-32-29/h4-18,21H,1-3H3,(H,34,35,36)/t21-/m0/s1. The smallest absolute Gasteiger partial charge is 0.263 e. The number of benzene rings is 2. The number of pyridine rings is 3. The lowest BCUT2D eigenvalue weighted by Gasteiger charge is -2.22. The van der Waals surface area contributed by atoms with Crippen LogP contribution in [-0.2, 0) is 0 Å². The number of fused-ring (bicyclic) bond motifs is 2. The molecule has 1 N–H and O–H groups in total. The van der Waals surface area contributed by atoms with Crippen LogP contribution in [0.4, 0.5) is 5.82 Å². The summed E-state index contributed by atoms with van der Waals surface area (Å²) in [6.45, 7) is 6.05. The van der Waals surface area contributed by atoms with Crippen LogP contribution in [0.25, 0.3) is 38.6 Å². The predicted octanol–water partition coefficient (Wildman–Crippen LogP) is 6.18. The Morgan fingerprint density at radius 1 is 0.868 bits per heavy atom. The molecule has 0 spiro atoms. The molecule has 4 heterocycles. The van der Waals surface area contributed by atoms with Gasteiger partial charge in [-0.05, 0) is 73.7 Å². The zero-order valence-corrected chi connectivity index (χ0v) is 21.4. The highest BCUT2D eigenvalue weighted by molar-refractivity contribution is 5.96. The van der Waals surface area contributed by atoms with E-state index in [1.807, 2.05) is 87.6 Å². The second-order valence-electron chi connectivity index (χ2n) is 9.40. The van der Waals surface area contributed by atoms with Gasteiger partial charge in [0.15, 0.2) is 5.82 Å². The molecule has 0 aliphatic rings. The van der Waals surface area contributed by atoms with Gasteiger partial charge in [0.2, 0.25) is 0 Å². The van der Waals surface area contributed by atoms with Crippen molar-refractivity contribution in [3.8, 4) is 16.8 Å². The van der Waals surface area contributed by atoms with Gasteiger partial charge in [-0.15, -0.1) is 0 Å². The fraction of sp³-hybridized carbons (Fsp3) is 0.129. The summed E-state index contributed by atoms with van der Waals surface area (Å²) >= 11 is 0. The number of aromatic nitrogens is 5. The maximum Gasteiger partial charge on any atom is 0.263 e. The molecular formula is C31H26N6O. The molecule has 0 aliphatic heterocycles. The molecule has 0 amide bonds. The van der Waals surface area contributed by atoms with Gasteiger partial charge in [-0.25, -0.2) is 9.97 Å². The summed E-state index contributed by atoms with van der Waals surface area (Å²) in [5.74, 6) is 0.616. The molecule has 0 saturated heterocycles. The van der Waals surface area contributed by atoms with Gasteiger partial charge in [0.1, 0.15) is 11.8 Å². The van der Waals surface area contributed by atoms with Crippen molar-refractivity contribution in [2.75, 3.05) is 5.32 Å². The zero-order chi connectivity index (χ0) is 26.2. The maximum absolute atomic E-state index is 14.3. The number of nitrogens with one attached hydrogen (secondary N) is 1. The molecule has 0 radical (unpaired) electrons. The Morgan fingerprint density at radius 3 is 2.53 bits per heavy atom. The summed E-state index contributed by atoms with van der Waals surface area (Å²) in [7, 11) is 0. The third kappa shape index (κ3) is 4.08. The van der Waals surface area contributed by atoms with Crippen molar-refractivity contribution in [2.24, 2.45) is 0 Å². The van der Waals surface area contributed by atoms with Crippen LogP contribution in [0.5, 0.6) is 0 Å². The van der Waals surface area contributed by atoms with E-state index in [9.17, 15) is 4.79 Å². The van der Waals surface area contributed by atoms with Crippen molar-refractivity contribution in [2.45, 2.75) is 26.8 Å². The highest BCUT2D eigenvalue weighted by atomic mass is 16.1. The summed E-state index contributed by atoms with van der Waals surface area (Å²) in [5.41, 5.74) is 6.81. The Hall–Kier alpha value is -4.91. The van der Waals surface area contributed by atoms with Crippen molar-refractivity contribution in [1.29, 1.82) is 0 Å². The number of rotatable bonds is 5. The van der Waals surface area contributed by atoms with E-state index in [0.29, 0.717) is 16.7 Å². The van der Waals surface area contributed by atoms with Crippen LogP contribution in [0.3, 0.4) is 0 Å². The molecule has 1 atom stereocenters. The first kappa shape index (κ1) is 23.5. The molecule has 0 aliphatic carbocycles. The maximum atomic E-state index is 14.3. The fourth-order valence-corrected chi connectivity index (χ4v) is 4.85. The Kier molecular flexibility index (Phi) is 5.88. The molecule has 186 valence electrons. The van der Waals surface area contributed by atoms with Gasteiger partial charge in [-0.3, -0.25) is 19.3 Å². The Bertz CT molecular complexity index is 1860. The first-order valence-corrected chi connectivity index (χ1v) is 12.5. The van der Waals surface area contributed by atoms with Gasteiger partial charge in [-0.2, -0.15) is 0 Å². The highest BCUT2D eigenvalue weighted by Crippen LogP contribution is 2.31. The number of hydrogen-bond donors (Lipinski definition) is 1. The van der Waals surface area contributed by atoms with Gasteiger partial charge in [0.05, 0.1) is 16.9 Å². The summed E-state index contributed by atoms with van der Waals surface area (Å²) in [6.07, 6.45) is 5.09. The average molecular weight is 499 g/mol. The minimum absolute atomic E-state index is 0.0863. The molecule has 0 unspecified atom stereocenters. The van der Waals surface area contributed by atoms with Crippen molar-refractivity contribution >= 4 is 27.6 Å². The number of para-hydroxylation sites is 1. The van der Waals surface area contributed by atoms with Crippen LogP contribution in [-0.4, -0.2) is 24.5 Å². The van der Waals surface area contributed by atoms with Crippen LogP contribution < -0.4 is 10.9 Å². The lowest BCUT2D eigenvalue weighted by molar-refractivity contribution is 0.774. The number of nitrogens with zero attached hydrogens (tertiary/aromatic N) is 5. The van der Waals surface area contributed by atoms with Crippen molar-refractivity contribution in [3.05, 3.63) is 119 Å². The normalized spacial score (nSPS) is 12.1. The third-order valence-corrected chi connectivity index (χ3v) is 6.93. The van der Waals surface area contributed by atoms with E-state index in [4.69, 9.17) is 0 Å². The lowest BCUT2D eigenvalue weighted by atomic mass is 9.97. The molecule has 0 bridgehead atoms. The lowest BCUT2D eigenvalue weighted by Crippen LogP contribution is -2.26. The van der Waals surface area contributed by atoms with E-state index in [1.54, 1.807) is 10.8 Å². The second-order valence-corrected chi connectivity index (χ2v) is 9.40. The molecule has 0 fully saturated rings. The monoisotopic (exact) mass is 498 g/mol. The Morgan fingerprint density at radius 2 is 1.71 bits per heavy atom. The molecule has 6 aromatic rings. The van der Waals surface area contributed by atoms with Gasteiger partial charge < -0.3 is 5.32 Å². The van der Waals surface area contributed by atoms with Gasteiger partial charge in [-0.1, -0.05) is 36.4 Å². The average Bonchev–Trinajstić information content (AvgIpc) is 2.94. The highest BCUT2D eigenvalue weighted by Gasteiger charge is 2.20. The first-order valence-electron chi connectivity index (χ1n) is 12.5. The SMILES string of the molecule is Cc1cc(-c2cccc3cc([C@H](C)Nc4ncnc5cccnc45)n(-c4ccccc4)c(=O)c23)cnc1C. The van der Waals surface area contributed by atoms with Gasteiger partial charge in [0.25, 0.3) is 5.56 Å². The Labute approximate surface area is 219 Å². The van der Waals surface area contributed by atoms with E-state index in [2.05, 4.69) is 37.4 Å². The quantitative estimate of drug-likeness (QED) is 0.305.